The van der Waals surface area contributed by atoms with E-state index in [9.17, 15) is 20.3 Å². The number of piperazine rings is 1. The zero-order valence-electron chi connectivity index (χ0n) is 10.5. The SMILES string of the molecule is O=[N+]([O-])c1cc([C@H](CO)N2CCNCC2)ccc1O. The van der Waals surface area contributed by atoms with Crippen molar-refractivity contribution in [2.75, 3.05) is 32.8 Å². The molecule has 1 atom stereocenters. The summed E-state index contributed by atoms with van der Waals surface area (Å²) in [5.41, 5.74) is 0.319. The number of nitrogens with zero attached hydrogens (tertiary/aromatic N) is 2. The summed E-state index contributed by atoms with van der Waals surface area (Å²) in [4.78, 5) is 12.3. The average Bonchev–Trinajstić information content (AvgIpc) is 2.42. The maximum atomic E-state index is 10.8. The number of phenolic OH excluding ortho intramolecular Hbond substituents is 1. The van der Waals surface area contributed by atoms with E-state index in [2.05, 4.69) is 10.2 Å². The van der Waals surface area contributed by atoms with Gasteiger partial charge in [-0.15, -0.1) is 0 Å². The summed E-state index contributed by atoms with van der Waals surface area (Å²) in [5.74, 6) is -0.356. The molecule has 19 heavy (non-hydrogen) atoms. The molecular formula is C12H17N3O4. The van der Waals surface area contributed by atoms with Crippen LogP contribution in [0.1, 0.15) is 11.6 Å². The minimum atomic E-state index is -0.620. The molecule has 1 aromatic rings. The Morgan fingerprint density at radius 2 is 2.11 bits per heavy atom. The Bertz CT molecular complexity index is 460. The van der Waals surface area contributed by atoms with Crippen molar-refractivity contribution in [2.24, 2.45) is 0 Å². The maximum absolute atomic E-state index is 10.8. The monoisotopic (exact) mass is 267 g/mol. The van der Waals surface area contributed by atoms with Crippen LogP contribution in [0.5, 0.6) is 5.75 Å². The Kier molecular flexibility index (Phi) is 4.31. The number of aliphatic hydroxyl groups excluding tert-OH is 1. The summed E-state index contributed by atoms with van der Waals surface area (Å²) < 4.78 is 0. The highest BCUT2D eigenvalue weighted by molar-refractivity contribution is 5.48. The van der Waals surface area contributed by atoms with Gasteiger partial charge in [-0.2, -0.15) is 0 Å². The Balaban J connectivity index is 2.27. The molecule has 7 nitrogen and oxygen atoms in total. The van der Waals surface area contributed by atoms with E-state index in [1.54, 1.807) is 6.07 Å². The molecular weight excluding hydrogens is 250 g/mol. The van der Waals surface area contributed by atoms with Gasteiger partial charge in [-0.3, -0.25) is 15.0 Å². The summed E-state index contributed by atoms with van der Waals surface area (Å²) in [5, 5.41) is 33.0. The van der Waals surface area contributed by atoms with Crippen LogP contribution in [0.3, 0.4) is 0 Å². The number of nitro benzene ring substituents is 1. The highest BCUT2D eigenvalue weighted by Gasteiger charge is 2.24. The van der Waals surface area contributed by atoms with Crippen molar-refractivity contribution in [1.29, 1.82) is 0 Å². The summed E-state index contributed by atoms with van der Waals surface area (Å²) in [6, 6.07) is 3.98. The molecule has 0 radical (unpaired) electrons. The molecule has 0 amide bonds. The predicted molar refractivity (Wildman–Crippen MR) is 69.0 cm³/mol. The second-order valence-corrected chi connectivity index (χ2v) is 4.49. The molecule has 104 valence electrons. The van der Waals surface area contributed by atoms with Gasteiger partial charge in [0.1, 0.15) is 0 Å². The lowest BCUT2D eigenvalue weighted by molar-refractivity contribution is -0.386. The molecule has 7 heteroatoms. The van der Waals surface area contributed by atoms with E-state index in [1.165, 1.54) is 12.1 Å². The van der Waals surface area contributed by atoms with Crippen LogP contribution in [0.25, 0.3) is 0 Å². The topological polar surface area (TPSA) is 98.9 Å². The second-order valence-electron chi connectivity index (χ2n) is 4.49. The fourth-order valence-electron chi connectivity index (χ4n) is 2.32. The minimum Gasteiger partial charge on any atom is -0.502 e. The molecule has 1 heterocycles. The second kappa shape index (κ2) is 5.96. The van der Waals surface area contributed by atoms with Crippen LogP contribution in [0, 0.1) is 10.1 Å². The number of nitrogens with one attached hydrogen (secondary N) is 1. The molecule has 1 saturated heterocycles. The summed E-state index contributed by atoms with van der Waals surface area (Å²) in [6.45, 7) is 3.11. The van der Waals surface area contributed by atoms with Gasteiger partial charge in [0.05, 0.1) is 17.6 Å². The first-order chi connectivity index (χ1) is 9.13. The molecule has 0 saturated carbocycles. The van der Waals surface area contributed by atoms with Crippen LogP contribution < -0.4 is 5.32 Å². The number of rotatable bonds is 4. The number of nitro groups is 1. The number of aromatic hydroxyl groups is 1. The Hall–Kier alpha value is -1.70. The van der Waals surface area contributed by atoms with Gasteiger partial charge in [0, 0.05) is 32.2 Å². The lowest BCUT2D eigenvalue weighted by Crippen LogP contribution is -2.46. The Labute approximate surface area is 110 Å². The Morgan fingerprint density at radius 3 is 2.68 bits per heavy atom. The number of phenols is 1. The van der Waals surface area contributed by atoms with Crippen molar-refractivity contribution in [3.8, 4) is 5.75 Å². The van der Waals surface area contributed by atoms with Crippen molar-refractivity contribution in [2.45, 2.75) is 6.04 Å². The van der Waals surface area contributed by atoms with E-state index in [-0.39, 0.29) is 24.1 Å². The van der Waals surface area contributed by atoms with E-state index in [1.807, 2.05) is 0 Å². The van der Waals surface area contributed by atoms with Gasteiger partial charge in [-0.1, -0.05) is 6.07 Å². The molecule has 2 rings (SSSR count). The van der Waals surface area contributed by atoms with Gasteiger partial charge in [0.15, 0.2) is 5.75 Å². The molecule has 3 N–H and O–H groups in total. The molecule has 0 aromatic heterocycles. The van der Waals surface area contributed by atoms with Gasteiger partial charge in [-0.25, -0.2) is 0 Å². The number of aliphatic hydroxyl groups is 1. The van der Waals surface area contributed by atoms with Crippen LogP contribution in [0.15, 0.2) is 18.2 Å². The smallest absolute Gasteiger partial charge is 0.311 e. The summed E-state index contributed by atoms with van der Waals surface area (Å²) in [7, 11) is 0. The fraction of sp³-hybridized carbons (Fsp3) is 0.500. The van der Waals surface area contributed by atoms with E-state index >= 15 is 0 Å². The first-order valence-electron chi connectivity index (χ1n) is 6.16. The van der Waals surface area contributed by atoms with Crippen molar-refractivity contribution in [3.05, 3.63) is 33.9 Å². The quantitative estimate of drug-likeness (QED) is 0.534. The van der Waals surface area contributed by atoms with Crippen LogP contribution in [0.4, 0.5) is 5.69 Å². The van der Waals surface area contributed by atoms with Gasteiger partial charge in [0.25, 0.3) is 0 Å². The highest BCUT2D eigenvalue weighted by atomic mass is 16.6. The first-order valence-corrected chi connectivity index (χ1v) is 6.16. The van der Waals surface area contributed by atoms with Crippen LogP contribution >= 0.6 is 0 Å². The van der Waals surface area contributed by atoms with Gasteiger partial charge in [0.2, 0.25) is 0 Å². The third-order valence-electron chi connectivity index (χ3n) is 3.35. The largest absolute Gasteiger partial charge is 0.502 e. The molecule has 1 aliphatic rings. The number of hydrogen-bond donors (Lipinski definition) is 3. The van der Waals surface area contributed by atoms with Crippen LogP contribution in [-0.4, -0.2) is 52.8 Å². The molecule has 0 bridgehead atoms. The van der Waals surface area contributed by atoms with Crippen LogP contribution in [0.2, 0.25) is 0 Å². The third-order valence-corrected chi connectivity index (χ3v) is 3.35. The van der Waals surface area contributed by atoms with Crippen LogP contribution in [-0.2, 0) is 0 Å². The zero-order valence-corrected chi connectivity index (χ0v) is 10.5. The zero-order chi connectivity index (χ0) is 13.8. The minimum absolute atomic E-state index is 0.109. The van der Waals surface area contributed by atoms with Gasteiger partial charge in [-0.05, 0) is 11.6 Å². The molecule has 1 aliphatic heterocycles. The maximum Gasteiger partial charge on any atom is 0.311 e. The van der Waals surface area contributed by atoms with E-state index in [0.717, 1.165) is 26.2 Å². The molecule has 0 aliphatic carbocycles. The van der Waals surface area contributed by atoms with E-state index in [4.69, 9.17) is 0 Å². The van der Waals surface area contributed by atoms with E-state index < -0.39 is 4.92 Å². The lowest BCUT2D eigenvalue weighted by atomic mass is 10.0. The normalized spacial score (nSPS) is 18.2. The van der Waals surface area contributed by atoms with Gasteiger partial charge < -0.3 is 15.5 Å². The Morgan fingerprint density at radius 1 is 1.42 bits per heavy atom. The predicted octanol–water partition coefficient (Wildman–Crippen LogP) is 0.239. The highest BCUT2D eigenvalue weighted by Crippen LogP contribution is 2.30. The summed E-state index contributed by atoms with van der Waals surface area (Å²) >= 11 is 0. The number of hydrogen-bond acceptors (Lipinski definition) is 6. The first kappa shape index (κ1) is 13.7. The fourth-order valence-corrected chi connectivity index (χ4v) is 2.32. The van der Waals surface area contributed by atoms with E-state index in [0.29, 0.717) is 5.56 Å². The molecule has 0 unspecified atom stereocenters. The summed E-state index contributed by atoms with van der Waals surface area (Å²) in [6.07, 6.45) is 0. The van der Waals surface area contributed by atoms with Crippen molar-refractivity contribution < 1.29 is 15.1 Å². The van der Waals surface area contributed by atoms with Crippen molar-refractivity contribution >= 4 is 5.69 Å². The molecule has 1 fully saturated rings. The lowest BCUT2D eigenvalue weighted by Gasteiger charge is -2.34. The number of benzene rings is 1. The molecule has 1 aromatic carbocycles. The third kappa shape index (κ3) is 3.01. The van der Waals surface area contributed by atoms with Crippen molar-refractivity contribution in [1.82, 2.24) is 10.2 Å². The standard InChI is InChI=1S/C12H17N3O4/c16-8-11(14-5-3-13-4-6-14)9-1-2-12(17)10(7-9)15(18)19/h1-2,7,11,13,16-17H,3-6,8H2/t11-/m0/s1. The van der Waals surface area contributed by atoms with Crippen molar-refractivity contribution in [3.63, 3.8) is 0 Å². The molecule has 0 spiro atoms. The van der Waals surface area contributed by atoms with Gasteiger partial charge >= 0.3 is 5.69 Å². The average molecular weight is 267 g/mol.